The third kappa shape index (κ3) is 6.89. The average Bonchev–Trinajstić information content (AvgIpc) is 3.56. The van der Waals surface area contributed by atoms with Gasteiger partial charge in [0.2, 0.25) is 5.91 Å². The third-order valence-corrected chi connectivity index (χ3v) is 11.1. The van der Waals surface area contributed by atoms with Gasteiger partial charge in [0.25, 0.3) is 0 Å². The van der Waals surface area contributed by atoms with Crippen molar-refractivity contribution in [3.05, 3.63) is 190 Å². The number of nitrogens with zero attached hydrogens (tertiary/aromatic N) is 2. The summed E-state index contributed by atoms with van der Waals surface area (Å²) in [6.45, 7) is 0.579. The zero-order valence-electron chi connectivity index (χ0n) is 29.2. The Morgan fingerprint density at radius 3 is 1.75 bits per heavy atom. The Morgan fingerprint density at radius 1 is 0.679 bits per heavy atom. The number of anilines is 1. The number of fused-ring (bicyclic) bond motifs is 1. The maximum atomic E-state index is 14.2. The standard InChI is InChI=1S/C46H39Cl2N3O2/c47-40-22-13-23-41(48)43(40)34-26-29-42-39(30-34)44(49-45(52)33-24-27-38(28-25-33)53-31-32-14-5-1-6-15-32)50-51(42)46(35-16-7-2-8-17-35,36-18-9-3-10-19-36)37-20-11-4-12-21-37/h1-23,26,29-30,33,38H,24-25,27-28,31H2,(H,49,50,52). The predicted molar refractivity (Wildman–Crippen MR) is 215 cm³/mol. The molecule has 1 aromatic heterocycles. The van der Waals surface area contributed by atoms with E-state index in [2.05, 4.69) is 101 Å². The fraction of sp³-hybridized carbons (Fsp3) is 0.174. The summed E-state index contributed by atoms with van der Waals surface area (Å²) in [6.07, 6.45) is 3.27. The largest absolute Gasteiger partial charge is 0.374 e. The minimum Gasteiger partial charge on any atom is -0.374 e. The number of halogens is 2. The van der Waals surface area contributed by atoms with E-state index in [0.717, 1.165) is 70.0 Å². The molecule has 7 aromatic rings. The molecule has 1 aliphatic rings. The van der Waals surface area contributed by atoms with E-state index in [0.29, 0.717) is 22.5 Å². The van der Waals surface area contributed by atoms with Crippen molar-refractivity contribution in [3.8, 4) is 11.1 Å². The zero-order valence-corrected chi connectivity index (χ0v) is 30.7. The van der Waals surface area contributed by atoms with Crippen molar-refractivity contribution < 1.29 is 9.53 Å². The molecule has 1 aliphatic carbocycles. The summed E-state index contributed by atoms with van der Waals surface area (Å²) in [5.74, 6) is 0.295. The SMILES string of the molecule is O=C(Nc1nn(C(c2ccccc2)(c2ccccc2)c2ccccc2)c2ccc(-c3c(Cl)cccc3Cl)cc12)C1CCC(OCc2ccccc2)CC1. The minimum absolute atomic E-state index is 0.0380. The first-order chi connectivity index (χ1) is 26.0. The number of nitrogens with one attached hydrogen (secondary N) is 1. The van der Waals surface area contributed by atoms with Crippen molar-refractivity contribution in [1.82, 2.24) is 9.78 Å². The smallest absolute Gasteiger partial charge is 0.228 e. The lowest BCUT2D eigenvalue weighted by Gasteiger charge is -2.37. The molecule has 7 heteroatoms. The predicted octanol–water partition coefficient (Wildman–Crippen LogP) is 11.6. The van der Waals surface area contributed by atoms with E-state index in [4.69, 9.17) is 33.0 Å². The number of benzene rings is 6. The van der Waals surface area contributed by atoms with Crippen LogP contribution in [0.4, 0.5) is 5.82 Å². The topological polar surface area (TPSA) is 56.2 Å². The van der Waals surface area contributed by atoms with E-state index in [9.17, 15) is 4.79 Å². The van der Waals surface area contributed by atoms with Crippen LogP contribution in [0.15, 0.2) is 158 Å². The molecular formula is C46H39Cl2N3O2. The molecule has 1 heterocycles. The molecular weight excluding hydrogens is 697 g/mol. The van der Waals surface area contributed by atoms with E-state index >= 15 is 0 Å². The van der Waals surface area contributed by atoms with Gasteiger partial charge in [-0.2, -0.15) is 5.10 Å². The van der Waals surface area contributed by atoms with Gasteiger partial charge < -0.3 is 10.1 Å². The summed E-state index contributed by atoms with van der Waals surface area (Å²) in [4.78, 5) is 14.2. The zero-order chi connectivity index (χ0) is 36.2. The Labute approximate surface area is 320 Å². The van der Waals surface area contributed by atoms with Crippen LogP contribution in [0, 0.1) is 5.92 Å². The first-order valence-electron chi connectivity index (χ1n) is 18.1. The maximum Gasteiger partial charge on any atom is 0.228 e. The Bertz CT molecular complexity index is 2210. The van der Waals surface area contributed by atoms with Gasteiger partial charge in [0.05, 0.1) is 18.2 Å². The maximum absolute atomic E-state index is 14.2. The van der Waals surface area contributed by atoms with Gasteiger partial charge in [0.15, 0.2) is 5.82 Å². The Hall–Kier alpha value is -5.20. The molecule has 0 saturated heterocycles. The lowest BCUT2D eigenvalue weighted by Crippen LogP contribution is -2.38. The molecule has 1 amide bonds. The van der Waals surface area contributed by atoms with Crippen molar-refractivity contribution in [2.45, 2.75) is 43.9 Å². The van der Waals surface area contributed by atoms with E-state index < -0.39 is 5.54 Å². The quantitative estimate of drug-likeness (QED) is 0.142. The fourth-order valence-corrected chi connectivity index (χ4v) is 8.41. The second kappa shape index (κ2) is 15.4. The van der Waals surface area contributed by atoms with Crippen LogP contribution in [0.5, 0.6) is 0 Å². The van der Waals surface area contributed by atoms with E-state index in [1.165, 1.54) is 0 Å². The summed E-state index contributed by atoms with van der Waals surface area (Å²) < 4.78 is 8.32. The van der Waals surface area contributed by atoms with Crippen LogP contribution in [0.1, 0.15) is 47.9 Å². The number of amides is 1. The van der Waals surface area contributed by atoms with Crippen molar-refractivity contribution in [1.29, 1.82) is 0 Å². The number of carbonyl (C=O) groups excluding carboxylic acids is 1. The van der Waals surface area contributed by atoms with Crippen LogP contribution < -0.4 is 5.32 Å². The van der Waals surface area contributed by atoms with Crippen LogP contribution in [-0.4, -0.2) is 21.8 Å². The van der Waals surface area contributed by atoms with Crippen LogP contribution in [-0.2, 0) is 21.7 Å². The first kappa shape index (κ1) is 34.9. The van der Waals surface area contributed by atoms with Gasteiger partial charge in [-0.05, 0) is 77.8 Å². The molecule has 1 fully saturated rings. The normalized spacial score (nSPS) is 16.0. The summed E-state index contributed by atoms with van der Waals surface area (Å²) in [5.41, 5.74) is 5.79. The molecule has 6 aromatic carbocycles. The van der Waals surface area contributed by atoms with Crippen molar-refractivity contribution >= 4 is 45.8 Å². The van der Waals surface area contributed by atoms with Crippen molar-refractivity contribution in [2.24, 2.45) is 5.92 Å². The van der Waals surface area contributed by atoms with Crippen LogP contribution in [0.3, 0.4) is 0 Å². The molecule has 0 bridgehead atoms. The van der Waals surface area contributed by atoms with Crippen molar-refractivity contribution in [3.63, 3.8) is 0 Å². The van der Waals surface area contributed by atoms with Crippen molar-refractivity contribution in [2.75, 3.05) is 5.32 Å². The highest BCUT2D eigenvalue weighted by Crippen LogP contribution is 2.45. The number of hydrogen-bond acceptors (Lipinski definition) is 3. The van der Waals surface area contributed by atoms with Gasteiger partial charge in [0.1, 0.15) is 5.54 Å². The molecule has 8 rings (SSSR count). The monoisotopic (exact) mass is 735 g/mol. The minimum atomic E-state index is -0.886. The first-order valence-corrected chi connectivity index (χ1v) is 18.9. The number of rotatable bonds is 10. The van der Waals surface area contributed by atoms with E-state index in [1.807, 2.05) is 66.7 Å². The highest BCUT2D eigenvalue weighted by Gasteiger charge is 2.41. The molecule has 1 saturated carbocycles. The summed E-state index contributed by atoms with van der Waals surface area (Å²) >= 11 is 13.5. The number of aromatic nitrogens is 2. The van der Waals surface area contributed by atoms with Crippen LogP contribution in [0.2, 0.25) is 10.0 Å². The molecule has 0 spiro atoms. The lowest BCUT2D eigenvalue weighted by molar-refractivity contribution is -0.121. The molecule has 0 atom stereocenters. The second-order valence-electron chi connectivity index (χ2n) is 13.7. The van der Waals surface area contributed by atoms with Gasteiger partial charge in [-0.3, -0.25) is 4.79 Å². The van der Waals surface area contributed by atoms with Crippen LogP contribution in [0.25, 0.3) is 22.0 Å². The average molecular weight is 737 g/mol. The van der Waals surface area contributed by atoms with Gasteiger partial charge in [-0.1, -0.05) is 157 Å². The Balaban J connectivity index is 1.23. The van der Waals surface area contributed by atoms with Crippen LogP contribution >= 0.6 is 23.2 Å². The summed E-state index contributed by atoms with van der Waals surface area (Å²) in [6, 6.07) is 53.1. The van der Waals surface area contributed by atoms with Gasteiger partial charge >= 0.3 is 0 Å². The molecule has 0 unspecified atom stereocenters. The second-order valence-corrected chi connectivity index (χ2v) is 14.5. The number of carbonyl (C=O) groups is 1. The Morgan fingerprint density at radius 2 is 1.21 bits per heavy atom. The number of hydrogen-bond donors (Lipinski definition) is 1. The summed E-state index contributed by atoms with van der Waals surface area (Å²) in [5, 5.41) is 10.6. The highest BCUT2D eigenvalue weighted by molar-refractivity contribution is 6.39. The summed E-state index contributed by atoms with van der Waals surface area (Å²) in [7, 11) is 0. The molecule has 264 valence electrons. The third-order valence-electron chi connectivity index (χ3n) is 10.4. The highest BCUT2D eigenvalue weighted by atomic mass is 35.5. The molecule has 5 nitrogen and oxygen atoms in total. The molecule has 0 radical (unpaired) electrons. The van der Waals surface area contributed by atoms with Gasteiger partial charge in [-0.25, -0.2) is 4.68 Å². The Kier molecular flexibility index (Phi) is 10.1. The lowest BCUT2D eigenvalue weighted by atomic mass is 9.77. The van der Waals surface area contributed by atoms with Gasteiger partial charge in [0, 0.05) is 26.9 Å². The number of ether oxygens (including phenoxy) is 1. The van der Waals surface area contributed by atoms with E-state index in [-0.39, 0.29) is 17.9 Å². The molecule has 0 aliphatic heterocycles. The van der Waals surface area contributed by atoms with Gasteiger partial charge in [-0.15, -0.1) is 0 Å². The molecule has 1 N–H and O–H groups in total. The molecule has 53 heavy (non-hydrogen) atoms. The fourth-order valence-electron chi connectivity index (χ4n) is 7.80. The van der Waals surface area contributed by atoms with E-state index in [1.54, 1.807) is 0 Å².